The van der Waals surface area contributed by atoms with Crippen LogP contribution in [0, 0.1) is 0 Å². The zero-order chi connectivity index (χ0) is 16.1. The van der Waals surface area contributed by atoms with E-state index in [-0.39, 0.29) is 13.7 Å². The molecule has 0 amide bonds. The predicted molar refractivity (Wildman–Crippen MR) is 105 cm³/mol. The summed E-state index contributed by atoms with van der Waals surface area (Å²) in [7, 11) is -2.07. The molecule has 0 radical (unpaired) electrons. The zero-order valence-electron chi connectivity index (χ0n) is 12.3. The van der Waals surface area contributed by atoms with Crippen molar-refractivity contribution in [1.29, 1.82) is 0 Å². The van der Waals surface area contributed by atoms with Crippen molar-refractivity contribution in [2.24, 2.45) is 4.52 Å². The molecule has 0 saturated carbocycles. The van der Waals surface area contributed by atoms with Gasteiger partial charge in [0.05, 0.1) is 7.05 Å². The van der Waals surface area contributed by atoms with E-state index in [1.54, 1.807) is 12.1 Å². The lowest BCUT2D eigenvalue weighted by molar-refractivity contribution is 0.475. The Morgan fingerprint density at radius 3 is 1.57 bits per heavy atom. The molecule has 1 atom stereocenters. The highest BCUT2D eigenvalue weighted by Crippen LogP contribution is 2.49. The topological polar surface area (TPSA) is 32.6 Å². The number of nitrogens with zero attached hydrogens (tertiary/aromatic N) is 1. The quantitative estimate of drug-likeness (QED) is 0.568. The maximum atomic E-state index is 9.66. The van der Waals surface area contributed by atoms with E-state index in [4.69, 9.17) is 16.8 Å². The van der Waals surface area contributed by atoms with Crippen molar-refractivity contribution in [1.82, 2.24) is 0 Å². The summed E-state index contributed by atoms with van der Waals surface area (Å²) in [6.07, 6.45) is 0. The largest absolute Gasteiger partial charge is 0.738 e. The van der Waals surface area contributed by atoms with Gasteiger partial charge in [-0.2, -0.15) is 0 Å². The van der Waals surface area contributed by atoms with Gasteiger partial charge in [-0.3, -0.25) is 4.52 Å². The average molecular weight is 356 g/mol. The zero-order valence-corrected chi connectivity index (χ0v) is 15.0. The van der Waals surface area contributed by atoms with E-state index >= 15 is 0 Å². The molecule has 0 aliphatic rings. The normalized spacial score (nSPS) is 11.7. The Morgan fingerprint density at radius 1 is 0.696 bits per heavy atom. The van der Waals surface area contributed by atoms with Gasteiger partial charge in [-0.05, 0) is 24.3 Å². The van der Waals surface area contributed by atoms with Crippen LogP contribution < -0.4 is 15.9 Å². The highest BCUT2D eigenvalue weighted by Gasteiger charge is 2.26. The molecule has 3 aromatic rings. The van der Waals surface area contributed by atoms with Gasteiger partial charge in [-0.1, -0.05) is 60.7 Å². The molecule has 3 aromatic carbocycles. The van der Waals surface area contributed by atoms with Crippen LogP contribution in [0.3, 0.4) is 0 Å². The first-order valence-electron chi connectivity index (χ1n) is 7.16. The second-order valence-electron chi connectivity index (χ2n) is 5.01. The molecule has 1 N–H and O–H groups in total. The van der Waals surface area contributed by atoms with E-state index in [0.717, 1.165) is 5.30 Å². The lowest BCUT2D eigenvalue weighted by atomic mass is 10.3. The Labute approximate surface area is 143 Å². The van der Waals surface area contributed by atoms with Crippen LogP contribution in [0.5, 0.6) is 5.75 Å². The van der Waals surface area contributed by atoms with Crippen molar-refractivity contribution < 1.29 is 5.11 Å². The lowest BCUT2D eigenvalue weighted by Gasteiger charge is -2.28. The molecule has 0 heterocycles. The standard InChI is InChI=1S/C18H16NOP2S/c20-15-11-13-18(14-12-15)22(19-21-23,16-7-3-1-4-8-16)17-9-5-2-6-10-17/h1-14,20-21H/q-1. The van der Waals surface area contributed by atoms with Crippen molar-refractivity contribution in [3.63, 3.8) is 0 Å². The van der Waals surface area contributed by atoms with E-state index in [2.05, 4.69) is 24.3 Å². The first kappa shape index (κ1) is 16.3. The van der Waals surface area contributed by atoms with Crippen molar-refractivity contribution in [2.45, 2.75) is 0 Å². The molecule has 0 bridgehead atoms. The predicted octanol–water partition coefficient (Wildman–Crippen LogP) is 3.93. The molecule has 0 saturated heterocycles. The summed E-state index contributed by atoms with van der Waals surface area (Å²) in [5.74, 6) is 0.258. The molecule has 5 heteroatoms. The van der Waals surface area contributed by atoms with Crippen LogP contribution in [-0.2, 0) is 12.2 Å². The Bertz CT molecular complexity index is 777. The monoisotopic (exact) mass is 356 g/mol. The number of rotatable bonds is 4. The number of aromatic hydroxyl groups is 1. The second kappa shape index (κ2) is 7.36. The van der Waals surface area contributed by atoms with Gasteiger partial charge in [0.25, 0.3) is 0 Å². The SMILES string of the molecule is Oc1ccc(P(=NP[S-])(c2ccccc2)c2ccccc2)cc1. The van der Waals surface area contributed by atoms with Crippen molar-refractivity contribution >= 4 is 43.1 Å². The van der Waals surface area contributed by atoms with Gasteiger partial charge in [0.2, 0.25) is 0 Å². The summed E-state index contributed by atoms with van der Waals surface area (Å²) in [6, 6.07) is 28.0. The smallest absolute Gasteiger partial charge is 0.115 e. The third kappa shape index (κ3) is 3.23. The van der Waals surface area contributed by atoms with Crippen LogP contribution in [0.2, 0.25) is 0 Å². The number of phenols is 1. The number of phenolic OH excluding ortho intramolecular Hbond substituents is 1. The maximum Gasteiger partial charge on any atom is 0.115 e. The fourth-order valence-electron chi connectivity index (χ4n) is 2.64. The highest BCUT2D eigenvalue weighted by molar-refractivity contribution is 8.25. The van der Waals surface area contributed by atoms with Crippen molar-refractivity contribution in [3.8, 4) is 5.75 Å². The van der Waals surface area contributed by atoms with Gasteiger partial charge in [0, 0.05) is 15.9 Å². The third-order valence-corrected chi connectivity index (χ3v) is 9.07. The van der Waals surface area contributed by atoms with Gasteiger partial charge in [-0.15, -0.1) is 7.93 Å². The molecule has 1 unspecified atom stereocenters. The Morgan fingerprint density at radius 2 is 1.13 bits per heavy atom. The van der Waals surface area contributed by atoms with E-state index < -0.39 is 7.05 Å². The molecule has 116 valence electrons. The number of benzene rings is 3. The maximum absolute atomic E-state index is 9.66. The molecule has 23 heavy (non-hydrogen) atoms. The molecular weight excluding hydrogens is 340 g/mol. The van der Waals surface area contributed by atoms with Crippen LogP contribution in [0.15, 0.2) is 89.4 Å². The van der Waals surface area contributed by atoms with Crippen molar-refractivity contribution in [2.75, 3.05) is 0 Å². The molecule has 0 aliphatic heterocycles. The van der Waals surface area contributed by atoms with E-state index in [9.17, 15) is 5.11 Å². The Hall–Kier alpha value is -1.53. The first-order chi connectivity index (χ1) is 11.3. The van der Waals surface area contributed by atoms with Crippen LogP contribution >= 0.6 is 15.0 Å². The van der Waals surface area contributed by atoms with Gasteiger partial charge >= 0.3 is 0 Å². The average Bonchev–Trinajstić information content (AvgIpc) is 2.62. The summed E-state index contributed by atoms with van der Waals surface area (Å²) in [6.45, 7) is 0. The molecule has 3 rings (SSSR count). The Kier molecular flexibility index (Phi) is 5.23. The fraction of sp³-hybridized carbons (Fsp3) is 0. The summed E-state index contributed by atoms with van der Waals surface area (Å²) in [5.41, 5.74) is 0. The van der Waals surface area contributed by atoms with Crippen LogP contribution in [0.25, 0.3) is 0 Å². The lowest BCUT2D eigenvalue weighted by Crippen LogP contribution is -2.24. The van der Waals surface area contributed by atoms with Crippen LogP contribution in [-0.4, -0.2) is 5.11 Å². The van der Waals surface area contributed by atoms with Crippen LogP contribution in [0.4, 0.5) is 0 Å². The van der Waals surface area contributed by atoms with Crippen LogP contribution in [0.1, 0.15) is 0 Å². The summed E-state index contributed by atoms with van der Waals surface area (Å²) in [5, 5.41) is 13.1. The first-order valence-corrected chi connectivity index (χ1v) is 11.0. The minimum atomic E-state index is -2.15. The molecule has 0 spiro atoms. The van der Waals surface area contributed by atoms with E-state index in [0.29, 0.717) is 0 Å². The van der Waals surface area contributed by atoms with Gasteiger partial charge in [0.1, 0.15) is 5.75 Å². The molecule has 0 aromatic heterocycles. The summed E-state index contributed by atoms with van der Waals surface area (Å²) >= 11 is 5.27. The highest BCUT2D eigenvalue weighted by atomic mass is 32.7. The number of hydrogen-bond donors (Lipinski definition) is 1. The Balaban J connectivity index is 2.37. The fourth-order valence-corrected chi connectivity index (χ4v) is 8.30. The molecule has 2 nitrogen and oxygen atoms in total. The van der Waals surface area contributed by atoms with E-state index in [1.165, 1.54) is 10.6 Å². The molecule has 0 fully saturated rings. The second-order valence-corrected chi connectivity index (χ2v) is 9.36. The minimum Gasteiger partial charge on any atom is -0.738 e. The van der Waals surface area contributed by atoms with E-state index in [1.807, 2.05) is 48.5 Å². The van der Waals surface area contributed by atoms with Gasteiger partial charge < -0.3 is 17.4 Å². The third-order valence-electron chi connectivity index (χ3n) is 3.67. The minimum absolute atomic E-state index is 0.0782. The summed E-state index contributed by atoms with van der Waals surface area (Å²) < 4.78 is 4.97. The molecule has 0 aliphatic carbocycles. The molecular formula is C18H16NOP2S-. The van der Waals surface area contributed by atoms with Crippen molar-refractivity contribution in [3.05, 3.63) is 84.9 Å². The number of hydrogen-bond acceptors (Lipinski definition) is 3. The van der Waals surface area contributed by atoms with Gasteiger partial charge in [0.15, 0.2) is 0 Å². The summed E-state index contributed by atoms with van der Waals surface area (Å²) in [4.78, 5) is 0. The van der Waals surface area contributed by atoms with Gasteiger partial charge in [-0.25, -0.2) is 0 Å².